The third-order valence-electron chi connectivity index (χ3n) is 3.94. The van der Waals surface area contributed by atoms with Gasteiger partial charge in [-0.2, -0.15) is 5.10 Å². The summed E-state index contributed by atoms with van der Waals surface area (Å²) in [5, 5.41) is 7.34. The molecule has 0 bridgehead atoms. The van der Waals surface area contributed by atoms with E-state index in [1.807, 2.05) is 0 Å². The Hall–Kier alpha value is -1.42. The molecule has 3 rings (SSSR count). The molecular formula is C15H19N3S. The summed E-state index contributed by atoms with van der Waals surface area (Å²) in [7, 11) is 0. The first-order chi connectivity index (χ1) is 9.29. The number of benzene rings is 1. The van der Waals surface area contributed by atoms with Gasteiger partial charge in [0.15, 0.2) is 4.77 Å². The van der Waals surface area contributed by atoms with Gasteiger partial charge in [0.05, 0.1) is 0 Å². The number of aromatic nitrogens is 3. The van der Waals surface area contributed by atoms with Crippen molar-refractivity contribution < 1.29 is 0 Å². The van der Waals surface area contributed by atoms with Crippen molar-refractivity contribution in [2.45, 2.75) is 45.1 Å². The lowest BCUT2D eigenvalue weighted by molar-refractivity contribution is 0.423. The van der Waals surface area contributed by atoms with Crippen molar-refractivity contribution in [1.29, 1.82) is 0 Å². The minimum absolute atomic E-state index is 0.461. The molecule has 1 unspecified atom stereocenters. The van der Waals surface area contributed by atoms with Crippen molar-refractivity contribution in [3.63, 3.8) is 0 Å². The second kappa shape index (κ2) is 5.29. The second-order valence-electron chi connectivity index (χ2n) is 5.23. The van der Waals surface area contributed by atoms with Gasteiger partial charge in [-0.1, -0.05) is 31.2 Å². The summed E-state index contributed by atoms with van der Waals surface area (Å²) in [6.45, 7) is 2.18. The molecule has 2 aromatic rings. The van der Waals surface area contributed by atoms with E-state index in [4.69, 9.17) is 12.2 Å². The predicted octanol–water partition coefficient (Wildman–Crippen LogP) is 3.62. The fraction of sp³-hybridized carbons (Fsp3) is 0.467. The number of nitrogens with zero attached hydrogens (tertiary/aromatic N) is 2. The Morgan fingerprint density at radius 3 is 2.95 bits per heavy atom. The maximum atomic E-state index is 5.41. The van der Waals surface area contributed by atoms with Crippen LogP contribution in [0, 0.1) is 4.77 Å². The van der Waals surface area contributed by atoms with Crippen LogP contribution in [0.25, 0.3) is 0 Å². The fourth-order valence-electron chi connectivity index (χ4n) is 3.01. The van der Waals surface area contributed by atoms with Crippen LogP contribution >= 0.6 is 12.2 Å². The summed E-state index contributed by atoms with van der Waals surface area (Å²) in [4.78, 5) is 0. The Balaban J connectivity index is 1.93. The maximum absolute atomic E-state index is 5.41. The molecular weight excluding hydrogens is 254 g/mol. The Morgan fingerprint density at radius 2 is 2.16 bits per heavy atom. The lowest BCUT2D eigenvalue weighted by Crippen LogP contribution is -2.20. The van der Waals surface area contributed by atoms with Crippen LogP contribution in [0.15, 0.2) is 24.3 Å². The summed E-state index contributed by atoms with van der Waals surface area (Å²) in [5.41, 5.74) is 2.95. The van der Waals surface area contributed by atoms with Gasteiger partial charge >= 0.3 is 0 Å². The number of nitrogens with one attached hydrogen (secondary N) is 1. The minimum Gasteiger partial charge on any atom is -0.301 e. The third-order valence-corrected chi connectivity index (χ3v) is 4.23. The van der Waals surface area contributed by atoms with Crippen LogP contribution in [-0.4, -0.2) is 14.8 Å². The van der Waals surface area contributed by atoms with E-state index in [2.05, 4.69) is 46.0 Å². The van der Waals surface area contributed by atoms with E-state index in [-0.39, 0.29) is 0 Å². The van der Waals surface area contributed by atoms with E-state index < -0.39 is 0 Å². The molecule has 1 aliphatic rings. The van der Waals surface area contributed by atoms with Gasteiger partial charge in [0.1, 0.15) is 5.82 Å². The lowest BCUT2D eigenvalue weighted by atomic mass is 9.88. The molecule has 1 N–H and O–H groups in total. The van der Waals surface area contributed by atoms with Gasteiger partial charge in [0, 0.05) is 12.5 Å². The molecule has 0 spiro atoms. The molecule has 1 heterocycles. The highest BCUT2D eigenvalue weighted by atomic mass is 32.1. The van der Waals surface area contributed by atoms with E-state index in [1.165, 1.54) is 11.1 Å². The van der Waals surface area contributed by atoms with Crippen LogP contribution in [0.3, 0.4) is 0 Å². The maximum Gasteiger partial charge on any atom is 0.195 e. The van der Waals surface area contributed by atoms with Crippen molar-refractivity contribution in [1.82, 2.24) is 14.8 Å². The smallest absolute Gasteiger partial charge is 0.195 e. The molecule has 0 saturated heterocycles. The molecule has 1 aromatic heterocycles. The minimum atomic E-state index is 0.461. The molecule has 0 radical (unpaired) electrons. The largest absolute Gasteiger partial charge is 0.301 e. The number of fused-ring (bicyclic) bond motifs is 1. The Morgan fingerprint density at radius 1 is 1.37 bits per heavy atom. The summed E-state index contributed by atoms with van der Waals surface area (Å²) in [6, 6.07) is 9.20. The second-order valence-corrected chi connectivity index (χ2v) is 5.62. The number of hydrogen-bond acceptors (Lipinski definition) is 2. The summed E-state index contributed by atoms with van der Waals surface area (Å²) >= 11 is 5.41. The normalized spacial score (nSPS) is 18.3. The van der Waals surface area contributed by atoms with E-state index in [0.717, 1.165) is 42.7 Å². The van der Waals surface area contributed by atoms with Crippen LogP contribution < -0.4 is 0 Å². The summed E-state index contributed by atoms with van der Waals surface area (Å²) in [6.07, 6.45) is 5.45. The molecule has 1 aliphatic carbocycles. The first-order valence-corrected chi connectivity index (χ1v) is 7.43. The average Bonchev–Trinajstić information content (AvgIpc) is 2.80. The predicted molar refractivity (Wildman–Crippen MR) is 78.9 cm³/mol. The van der Waals surface area contributed by atoms with Gasteiger partial charge in [0.25, 0.3) is 0 Å². The van der Waals surface area contributed by atoms with Crippen LogP contribution in [0.1, 0.15) is 42.8 Å². The highest BCUT2D eigenvalue weighted by Crippen LogP contribution is 2.29. The first-order valence-electron chi connectivity index (χ1n) is 7.02. The topological polar surface area (TPSA) is 33.6 Å². The quantitative estimate of drug-likeness (QED) is 0.867. The molecule has 0 aliphatic heterocycles. The molecule has 0 amide bonds. The van der Waals surface area contributed by atoms with Crippen LogP contribution in [0.5, 0.6) is 0 Å². The van der Waals surface area contributed by atoms with Crippen molar-refractivity contribution in [2.75, 3.05) is 0 Å². The van der Waals surface area contributed by atoms with Crippen molar-refractivity contribution in [3.8, 4) is 0 Å². The van der Waals surface area contributed by atoms with E-state index in [0.29, 0.717) is 6.04 Å². The standard InChI is InChI=1S/C15H19N3S/c1-2-5-14-16-17-15(19)18(14)13-9-8-11-6-3-4-7-12(11)10-13/h3-4,6-7,13H,2,5,8-10H2,1H3,(H,17,19). The first kappa shape index (κ1) is 12.6. The lowest BCUT2D eigenvalue weighted by Gasteiger charge is -2.26. The van der Waals surface area contributed by atoms with E-state index in [1.54, 1.807) is 0 Å². The average molecular weight is 273 g/mol. The van der Waals surface area contributed by atoms with Gasteiger partial charge < -0.3 is 4.57 Å². The Bertz CT molecular complexity index is 626. The number of rotatable bonds is 3. The van der Waals surface area contributed by atoms with E-state index >= 15 is 0 Å². The molecule has 0 fully saturated rings. The number of aromatic amines is 1. The molecule has 1 aromatic carbocycles. The fourth-order valence-corrected chi connectivity index (χ4v) is 3.31. The van der Waals surface area contributed by atoms with Crippen molar-refractivity contribution in [3.05, 3.63) is 46.0 Å². The summed E-state index contributed by atoms with van der Waals surface area (Å²) in [5.74, 6) is 1.11. The van der Waals surface area contributed by atoms with Gasteiger partial charge in [-0.15, -0.1) is 0 Å². The SMILES string of the molecule is CCCc1n[nH]c(=S)n1C1CCc2ccccc2C1. The molecule has 100 valence electrons. The zero-order valence-corrected chi connectivity index (χ0v) is 12.0. The van der Waals surface area contributed by atoms with Gasteiger partial charge in [-0.05, 0) is 49.0 Å². The van der Waals surface area contributed by atoms with Crippen LogP contribution in [0.2, 0.25) is 0 Å². The van der Waals surface area contributed by atoms with Crippen molar-refractivity contribution >= 4 is 12.2 Å². The van der Waals surface area contributed by atoms with Gasteiger partial charge in [0.2, 0.25) is 0 Å². The number of aryl methyl sites for hydroxylation is 2. The molecule has 1 atom stereocenters. The van der Waals surface area contributed by atoms with E-state index in [9.17, 15) is 0 Å². The van der Waals surface area contributed by atoms with Gasteiger partial charge in [-0.3, -0.25) is 5.10 Å². The monoisotopic (exact) mass is 273 g/mol. The molecule has 4 heteroatoms. The summed E-state index contributed by atoms with van der Waals surface area (Å²) < 4.78 is 3.02. The zero-order valence-electron chi connectivity index (χ0n) is 11.2. The number of hydrogen-bond donors (Lipinski definition) is 1. The van der Waals surface area contributed by atoms with Crippen LogP contribution in [0.4, 0.5) is 0 Å². The highest BCUT2D eigenvalue weighted by Gasteiger charge is 2.22. The highest BCUT2D eigenvalue weighted by molar-refractivity contribution is 7.71. The van der Waals surface area contributed by atoms with Gasteiger partial charge in [-0.25, -0.2) is 0 Å². The Labute approximate surface area is 118 Å². The van der Waals surface area contributed by atoms with Crippen molar-refractivity contribution in [2.24, 2.45) is 0 Å². The molecule has 3 nitrogen and oxygen atoms in total. The molecule has 19 heavy (non-hydrogen) atoms. The van der Waals surface area contributed by atoms with Crippen LogP contribution in [-0.2, 0) is 19.3 Å². The molecule has 0 saturated carbocycles. The Kier molecular flexibility index (Phi) is 3.51. The third kappa shape index (κ3) is 2.37. The zero-order chi connectivity index (χ0) is 13.2. The number of H-pyrrole nitrogens is 1.